The highest BCUT2D eigenvalue weighted by molar-refractivity contribution is 5.67. The predicted octanol–water partition coefficient (Wildman–Crippen LogP) is 2.36. The van der Waals surface area contributed by atoms with Gasteiger partial charge in [-0.25, -0.2) is 0 Å². The first-order chi connectivity index (χ1) is 7.68. The quantitative estimate of drug-likeness (QED) is 0.569. The average Bonchev–Trinajstić information content (AvgIpc) is 2.30. The molecule has 5 nitrogen and oxygen atoms in total. The Kier molecular flexibility index (Phi) is 2.59. The third-order valence-corrected chi connectivity index (χ3v) is 2.27. The molecule has 0 atom stereocenters. The smallest absolute Gasteiger partial charge is 0.265 e. The van der Waals surface area contributed by atoms with Crippen LogP contribution in [0, 0.1) is 17.0 Å². The van der Waals surface area contributed by atoms with E-state index < -0.39 is 4.92 Å². The largest absolute Gasteiger partial charge is 0.288 e. The van der Waals surface area contributed by atoms with Crippen LogP contribution in [0.1, 0.15) is 5.69 Å². The Morgan fingerprint density at radius 2 is 2.00 bits per heavy atom. The zero-order valence-corrected chi connectivity index (χ0v) is 8.62. The second-order valence-electron chi connectivity index (χ2n) is 3.32. The van der Waals surface area contributed by atoms with Gasteiger partial charge >= 0.3 is 0 Å². The molecule has 0 aliphatic heterocycles. The number of aromatic nitrogens is 2. The van der Waals surface area contributed by atoms with Crippen molar-refractivity contribution in [1.82, 2.24) is 9.97 Å². The second kappa shape index (κ2) is 4.06. The molecule has 16 heavy (non-hydrogen) atoms. The van der Waals surface area contributed by atoms with Crippen LogP contribution in [-0.4, -0.2) is 14.9 Å². The van der Waals surface area contributed by atoms with Crippen molar-refractivity contribution in [2.45, 2.75) is 6.92 Å². The average molecular weight is 215 g/mol. The standard InChI is InChI=1S/C11H9N3O2/c1-8-11(9-2-4-12-5-3-9)6-10(7-13-8)14(15)16/h2-7H,1H3. The maximum atomic E-state index is 10.6. The highest BCUT2D eigenvalue weighted by Crippen LogP contribution is 2.24. The summed E-state index contributed by atoms with van der Waals surface area (Å²) >= 11 is 0. The minimum atomic E-state index is -0.447. The van der Waals surface area contributed by atoms with E-state index in [-0.39, 0.29) is 5.69 Å². The van der Waals surface area contributed by atoms with Gasteiger partial charge in [0.1, 0.15) is 6.20 Å². The van der Waals surface area contributed by atoms with Crippen LogP contribution in [0.5, 0.6) is 0 Å². The molecule has 0 spiro atoms. The molecule has 2 heterocycles. The van der Waals surface area contributed by atoms with Gasteiger partial charge in [0.2, 0.25) is 0 Å². The fourth-order valence-corrected chi connectivity index (χ4v) is 1.45. The van der Waals surface area contributed by atoms with Crippen molar-refractivity contribution in [2.75, 3.05) is 0 Å². The van der Waals surface area contributed by atoms with Crippen molar-refractivity contribution >= 4 is 5.69 Å². The van der Waals surface area contributed by atoms with Crippen LogP contribution in [-0.2, 0) is 0 Å². The van der Waals surface area contributed by atoms with E-state index in [0.717, 1.165) is 16.8 Å². The van der Waals surface area contributed by atoms with E-state index in [1.165, 1.54) is 12.3 Å². The van der Waals surface area contributed by atoms with E-state index in [0.29, 0.717) is 0 Å². The molecule has 0 aliphatic carbocycles. The lowest BCUT2D eigenvalue weighted by Gasteiger charge is -2.04. The van der Waals surface area contributed by atoms with E-state index in [1.807, 2.05) is 6.92 Å². The number of nitro groups is 1. The van der Waals surface area contributed by atoms with Gasteiger partial charge < -0.3 is 0 Å². The van der Waals surface area contributed by atoms with Gasteiger partial charge in [-0.2, -0.15) is 0 Å². The lowest BCUT2D eigenvalue weighted by Crippen LogP contribution is -1.93. The molecule has 0 amide bonds. The van der Waals surface area contributed by atoms with Crippen LogP contribution < -0.4 is 0 Å². The van der Waals surface area contributed by atoms with E-state index in [2.05, 4.69) is 9.97 Å². The number of hydrogen-bond acceptors (Lipinski definition) is 4. The number of pyridine rings is 2. The van der Waals surface area contributed by atoms with Gasteiger partial charge in [0.15, 0.2) is 0 Å². The number of nitrogens with zero attached hydrogens (tertiary/aromatic N) is 3. The summed E-state index contributed by atoms with van der Waals surface area (Å²) in [6, 6.07) is 5.12. The van der Waals surface area contributed by atoms with Gasteiger partial charge in [0.05, 0.1) is 4.92 Å². The van der Waals surface area contributed by atoms with Crippen LogP contribution in [0.25, 0.3) is 11.1 Å². The lowest BCUT2D eigenvalue weighted by molar-refractivity contribution is -0.385. The molecule has 0 saturated heterocycles. The van der Waals surface area contributed by atoms with Gasteiger partial charge in [0, 0.05) is 29.7 Å². The SMILES string of the molecule is Cc1ncc([N+](=O)[O-])cc1-c1ccncc1. The molecule has 5 heteroatoms. The van der Waals surface area contributed by atoms with Crippen molar-refractivity contribution in [2.24, 2.45) is 0 Å². The molecule has 0 fully saturated rings. The summed E-state index contributed by atoms with van der Waals surface area (Å²) in [6.45, 7) is 1.82. The summed E-state index contributed by atoms with van der Waals surface area (Å²) in [6.07, 6.45) is 4.56. The molecule has 2 aromatic heterocycles. The van der Waals surface area contributed by atoms with Gasteiger partial charge in [-0.3, -0.25) is 20.1 Å². The van der Waals surface area contributed by atoms with E-state index >= 15 is 0 Å². The van der Waals surface area contributed by atoms with Crippen LogP contribution >= 0.6 is 0 Å². The summed E-state index contributed by atoms with van der Waals surface area (Å²) in [5.74, 6) is 0. The summed E-state index contributed by atoms with van der Waals surface area (Å²) in [5, 5.41) is 10.6. The van der Waals surface area contributed by atoms with E-state index in [4.69, 9.17) is 0 Å². The third-order valence-electron chi connectivity index (χ3n) is 2.27. The van der Waals surface area contributed by atoms with E-state index in [1.54, 1.807) is 24.5 Å². The summed E-state index contributed by atoms with van der Waals surface area (Å²) in [5.41, 5.74) is 2.40. The Balaban J connectivity index is 2.56. The van der Waals surface area contributed by atoms with Crippen LogP contribution in [0.4, 0.5) is 5.69 Å². The first-order valence-electron chi connectivity index (χ1n) is 4.70. The van der Waals surface area contributed by atoms with Crippen molar-refractivity contribution in [1.29, 1.82) is 0 Å². The number of rotatable bonds is 2. The normalized spacial score (nSPS) is 10.1. The Morgan fingerprint density at radius 1 is 1.31 bits per heavy atom. The Labute approximate surface area is 91.9 Å². The molecule has 0 aliphatic rings. The molecule has 0 bridgehead atoms. The van der Waals surface area contributed by atoms with Gasteiger partial charge in [0.25, 0.3) is 5.69 Å². The molecular weight excluding hydrogens is 206 g/mol. The predicted molar refractivity (Wildman–Crippen MR) is 58.9 cm³/mol. The van der Waals surface area contributed by atoms with Crippen molar-refractivity contribution in [3.63, 3.8) is 0 Å². The number of hydrogen-bond donors (Lipinski definition) is 0. The highest BCUT2D eigenvalue weighted by Gasteiger charge is 2.10. The zero-order valence-electron chi connectivity index (χ0n) is 8.62. The van der Waals surface area contributed by atoms with Gasteiger partial charge in [-0.1, -0.05) is 0 Å². The van der Waals surface area contributed by atoms with Gasteiger partial charge in [-0.05, 0) is 24.6 Å². The maximum Gasteiger partial charge on any atom is 0.288 e. The molecule has 0 aromatic carbocycles. The van der Waals surface area contributed by atoms with Crippen LogP contribution in [0.2, 0.25) is 0 Å². The molecule has 0 saturated carbocycles. The molecule has 2 aromatic rings. The fourth-order valence-electron chi connectivity index (χ4n) is 1.45. The molecular formula is C11H9N3O2. The van der Waals surface area contributed by atoms with Crippen LogP contribution in [0.15, 0.2) is 36.8 Å². The molecule has 80 valence electrons. The molecule has 0 radical (unpaired) electrons. The van der Waals surface area contributed by atoms with Gasteiger partial charge in [-0.15, -0.1) is 0 Å². The van der Waals surface area contributed by atoms with Crippen molar-refractivity contribution < 1.29 is 4.92 Å². The lowest BCUT2D eigenvalue weighted by atomic mass is 10.1. The topological polar surface area (TPSA) is 68.9 Å². The summed E-state index contributed by atoms with van der Waals surface area (Å²) < 4.78 is 0. The summed E-state index contributed by atoms with van der Waals surface area (Å²) in [7, 11) is 0. The summed E-state index contributed by atoms with van der Waals surface area (Å²) in [4.78, 5) is 18.1. The Hall–Kier alpha value is -2.30. The molecule has 0 unspecified atom stereocenters. The minimum absolute atomic E-state index is 0.00240. The highest BCUT2D eigenvalue weighted by atomic mass is 16.6. The maximum absolute atomic E-state index is 10.6. The molecule has 2 rings (SSSR count). The van der Waals surface area contributed by atoms with Crippen molar-refractivity contribution in [3.05, 3.63) is 52.6 Å². The Bertz CT molecular complexity index is 526. The van der Waals surface area contributed by atoms with E-state index in [9.17, 15) is 10.1 Å². The first-order valence-corrected chi connectivity index (χ1v) is 4.70. The first kappa shape index (κ1) is 10.2. The zero-order chi connectivity index (χ0) is 11.5. The second-order valence-corrected chi connectivity index (χ2v) is 3.32. The van der Waals surface area contributed by atoms with Crippen molar-refractivity contribution in [3.8, 4) is 11.1 Å². The molecule has 0 N–H and O–H groups in total. The third kappa shape index (κ3) is 1.88. The minimum Gasteiger partial charge on any atom is -0.265 e. The number of aryl methyl sites for hydroxylation is 1. The fraction of sp³-hybridized carbons (Fsp3) is 0.0909. The Morgan fingerprint density at radius 3 is 2.62 bits per heavy atom. The monoisotopic (exact) mass is 215 g/mol. The van der Waals surface area contributed by atoms with Crippen LogP contribution in [0.3, 0.4) is 0 Å².